The molecule has 0 unspecified atom stereocenters. The van der Waals surface area contributed by atoms with Crippen LogP contribution < -0.4 is 10.6 Å². The summed E-state index contributed by atoms with van der Waals surface area (Å²) in [5.41, 5.74) is 2.55. The van der Waals surface area contributed by atoms with E-state index in [9.17, 15) is 4.79 Å². The molecule has 0 spiro atoms. The van der Waals surface area contributed by atoms with Crippen LogP contribution in [0.5, 0.6) is 0 Å². The van der Waals surface area contributed by atoms with Crippen LogP contribution in [0.4, 0.5) is 0 Å². The van der Waals surface area contributed by atoms with Crippen LogP contribution in [0.1, 0.15) is 43.7 Å². The normalized spacial score (nSPS) is 17.0. The monoisotopic (exact) mass is 340 g/mol. The number of benzene rings is 1. The van der Waals surface area contributed by atoms with Crippen LogP contribution in [0.3, 0.4) is 0 Å². The third-order valence-electron chi connectivity index (χ3n) is 4.71. The minimum Gasteiger partial charge on any atom is -0.357 e. The number of aliphatic imine (C=N–C) groups is 1. The summed E-state index contributed by atoms with van der Waals surface area (Å²) in [5.74, 6) is 1.08. The van der Waals surface area contributed by atoms with Crippen molar-refractivity contribution in [1.82, 2.24) is 15.5 Å². The summed E-state index contributed by atoms with van der Waals surface area (Å²) in [7, 11) is 0. The number of hydrogen-bond donors (Lipinski definition) is 2. The summed E-state index contributed by atoms with van der Waals surface area (Å²) in [6, 6.07) is 8.74. The van der Waals surface area contributed by atoms with Crippen molar-refractivity contribution >= 4 is 11.9 Å². The van der Waals surface area contributed by atoms with Crippen molar-refractivity contribution in [3.63, 3.8) is 0 Å². The van der Waals surface area contributed by atoms with E-state index < -0.39 is 0 Å². The molecule has 0 radical (unpaired) electrons. The minimum absolute atomic E-state index is 0.226. The van der Waals surface area contributed by atoms with Crippen LogP contribution in [0.25, 0.3) is 0 Å². The van der Waals surface area contributed by atoms with Gasteiger partial charge in [-0.3, -0.25) is 9.79 Å². The molecule has 0 atom stereocenters. The summed E-state index contributed by atoms with van der Waals surface area (Å²) >= 11 is 0. The predicted octanol–water partition coefficient (Wildman–Crippen LogP) is 2.58. The quantitative estimate of drug-likeness (QED) is 0.362. The van der Waals surface area contributed by atoms with E-state index in [1.165, 1.54) is 11.1 Å². The standard InChI is InChI=1S/C20H28N4O/c1-2-21-20(23-18-10-5-6-11-18)22-13-7-12-19(25)24-14-16-8-3-4-9-17(16)15-24/h3-6,8-9,18H,2,7,10-15H2,1H3,(H2,21,22,23). The van der Waals surface area contributed by atoms with Gasteiger partial charge in [0.15, 0.2) is 5.96 Å². The van der Waals surface area contributed by atoms with Crippen LogP contribution in [0.15, 0.2) is 41.4 Å². The highest BCUT2D eigenvalue weighted by atomic mass is 16.2. The van der Waals surface area contributed by atoms with Crippen molar-refractivity contribution in [2.45, 2.75) is 51.7 Å². The number of nitrogens with zero attached hydrogens (tertiary/aromatic N) is 2. The summed E-state index contributed by atoms with van der Waals surface area (Å²) in [5, 5.41) is 6.73. The van der Waals surface area contributed by atoms with E-state index in [-0.39, 0.29) is 5.91 Å². The smallest absolute Gasteiger partial charge is 0.223 e. The van der Waals surface area contributed by atoms with E-state index in [0.717, 1.165) is 44.9 Å². The van der Waals surface area contributed by atoms with E-state index in [1.807, 2.05) is 17.0 Å². The fourth-order valence-electron chi connectivity index (χ4n) is 3.34. The zero-order chi connectivity index (χ0) is 17.5. The lowest BCUT2D eigenvalue weighted by Gasteiger charge is -2.17. The van der Waals surface area contributed by atoms with Gasteiger partial charge in [0.1, 0.15) is 0 Å². The predicted molar refractivity (Wildman–Crippen MR) is 101 cm³/mol. The second-order valence-electron chi connectivity index (χ2n) is 6.67. The van der Waals surface area contributed by atoms with Gasteiger partial charge >= 0.3 is 0 Å². The van der Waals surface area contributed by atoms with Crippen molar-refractivity contribution < 1.29 is 4.79 Å². The molecule has 0 fully saturated rings. The van der Waals surface area contributed by atoms with Crippen LogP contribution in [0.2, 0.25) is 0 Å². The Hall–Kier alpha value is -2.30. The molecule has 1 aliphatic carbocycles. The lowest BCUT2D eigenvalue weighted by Crippen LogP contribution is -2.42. The molecule has 1 aromatic rings. The third kappa shape index (κ3) is 4.84. The van der Waals surface area contributed by atoms with Gasteiger partial charge in [0.2, 0.25) is 5.91 Å². The number of carbonyl (C=O) groups excluding carboxylic acids is 1. The minimum atomic E-state index is 0.226. The zero-order valence-corrected chi connectivity index (χ0v) is 15.0. The molecule has 1 aliphatic heterocycles. The van der Waals surface area contributed by atoms with Crippen LogP contribution in [-0.4, -0.2) is 35.9 Å². The van der Waals surface area contributed by atoms with Gasteiger partial charge in [0.25, 0.3) is 0 Å². The van der Waals surface area contributed by atoms with Gasteiger partial charge in [0, 0.05) is 38.6 Å². The first-order chi connectivity index (χ1) is 12.3. The first kappa shape index (κ1) is 17.5. The molecule has 5 heteroatoms. The van der Waals surface area contributed by atoms with Crippen molar-refractivity contribution in [2.24, 2.45) is 4.99 Å². The molecule has 5 nitrogen and oxygen atoms in total. The number of guanidine groups is 1. The van der Waals surface area contributed by atoms with Crippen molar-refractivity contribution in [3.8, 4) is 0 Å². The molecular formula is C20H28N4O. The Balaban J connectivity index is 1.41. The van der Waals surface area contributed by atoms with Crippen LogP contribution in [-0.2, 0) is 17.9 Å². The Kier molecular flexibility index (Phi) is 6.09. The second kappa shape index (κ2) is 8.70. The lowest BCUT2D eigenvalue weighted by molar-refractivity contribution is -0.131. The maximum Gasteiger partial charge on any atom is 0.223 e. The van der Waals surface area contributed by atoms with Crippen molar-refractivity contribution in [3.05, 3.63) is 47.5 Å². The molecule has 134 valence electrons. The van der Waals surface area contributed by atoms with Gasteiger partial charge in [-0.15, -0.1) is 0 Å². The number of nitrogens with one attached hydrogen (secondary N) is 2. The summed E-state index contributed by atoms with van der Waals surface area (Å²) in [6.45, 7) is 5.08. The van der Waals surface area contributed by atoms with E-state index in [0.29, 0.717) is 19.0 Å². The van der Waals surface area contributed by atoms with E-state index >= 15 is 0 Å². The average molecular weight is 340 g/mol. The second-order valence-corrected chi connectivity index (χ2v) is 6.67. The highest BCUT2D eigenvalue weighted by molar-refractivity contribution is 5.80. The van der Waals surface area contributed by atoms with Gasteiger partial charge in [-0.2, -0.15) is 0 Å². The molecule has 0 saturated carbocycles. The van der Waals surface area contributed by atoms with E-state index in [4.69, 9.17) is 0 Å². The molecule has 0 bridgehead atoms. The summed E-state index contributed by atoms with van der Waals surface area (Å²) in [4.78, 5) is 19.0. The maximum atomic E-state index is 12.4. The third-order valence-corrected chi connectivity index (χ3v) is 4.71. The molecule has 1 aromatic carbocycles. The Morgan fingerprint density at radius 2 is 1.88 bits per heavy atom. The number of fused-ring (bicyclic) bond motifs is 1. The van der Waals surface area contributed by atoms with Gasteiger partial charge in [-0.05, 0) is 37.3 Å². The first-order valence-electron chi connectivity index (χ1n) is 9.30. The average Bonchev–Trinajstić information content (AvgIpc) is 3.27. The molecule has 3 rings (SSSR count). The molecule has 2 N–H and O–H groups in total. The van der Waals surface area contributed by atoms with Crippen LogP contribution >= 0.6 is 0 Å². The lowest BCUT2D eigenvalue weighted by atomic mass is 10.1. The number of amides is 1. The summed E-state index contributed by atoms with van der Waals surface area (Å²) < 4.78 is 0. The largest absolute Gasteiger partial charge is 0.357 e. The van der Waals surface area contributed by atoms with E-state index in [1.54, 1.807) is 0 Å². The Morgan fingerprint density at radius 3 is 2.52 bits per heavy atom. The highest BCUT2D eigenvalue weighted by Crippen LogP contribution is 2.22. The molecule has 1 amide bonds. The SMILES string of the molecule is CCNC(=NCCCC(=O)N1Cc2ccccc2C1)NC1CC=CC1. The molecule has 1 heterocycles. The molecule has 25 heavy (non-hydrogen) atoms. The van der Waals surface area contributed by atoms with Crippen molar-refractivity contribution in [2.75, 3.05) is 13.1 Å². The molecular weight excluding hydrogens is 312 g/mol. The Labute approximate surface area is 150 Å². The number of hydrogen-bond acceptors (Lipinski definition) is 2. The topological polar surface area (TPSA) is 56.7 Å². The summed E-state index contributed by atoms with van der Waals surface area (Å²) in [6.07, 6.45) is 7.85. The number of rotatable bonds is 6. The van der Waals surface area contributed by atoms with Gasteiger partial charge < -0.3 is 15.5 Å². The molecule has 0 aromatic heterocycles. The van der Waals surface area contributed by atoms with Gasteiger partial charge in [-0.25, -0.2) is 0 Å². The molecule has 2 aliphatic rings. The van der Waals surface area contributed by atoms with Crippen LogP contribution in [0, 0.1) is 0 Å². The highest BCUT2D eigenvalue weighted by Gasteiger charge is 2.22. The van der Waals surface area contributed by atoms with Gasteiger partial charge in [-0.1, -0.05) is 36.4 Å². The fraction of sp³-hybridized carbons (Fsp3) is 0.500. The zero-order valence-electron chi connectivity index (χ0n) is 15.0. The van der Waals surface area contributed by atoms with Crippen molar-refractivity contribution in [1.29, 1.82) is 0 Å². The maximum absolute atomic E-state index is 12.4. The Morgan fingerprint density at radius 1 is 1.20 bits per heavy atom. The molecule has 0 saturated heterocycles. The first-order valence-corrected chi connectivity index (χ1v) is 9.30. The number of carbonyl (C=O) groups is 1. The van der Waals surface area contributed by atoms with Gasteiger partial charge in [0.05, 0.1) is 0 Å². The Bertz CT molecular complexity index is 620. The van der Waals surface area contributed by atoms with E-state index in [2.05, 4.69) is 46.8 Å². The fourth-order valence-corrected chi connectivity index (χ4v) is 3.34.